The molecule has 0 unspecified atom stereocenters. The maximum absolute atomic E-state index is 13.7. The van der Waals surface area contributed by atoms with Gasteiger partial charge in [0.2, 0.25) is 0 Å². The molecule has 1 aromatic rings. The van der Waals surface area contributed by atoms with Crippen molar-refractivity contribution in [3.8, 4) is 5.75 Å². The van der Waals surface area contributed by atoms with Gasteiger partial charge >= 0.3 is 0 Å². The van der Waals surface area contributed by atoms with Crippen LogP contribution in [-0.4, -0.2) is 36.6 Å². The highest BCUT2D eigenvalue weighted by molar-refractivity contribution is 7.98. The summed E-state index contributed by atoms with van der Waals surface area (Å²) in [6.07, 6.45) is 4.55. The molecule has 20 heavy (non-hydrogen) atoms. The fraction of sp³-hybridized carbons (Fsp3) is 0.625. The van der Waals surface area contributed by atoms with Crippen LogP contribution in [0.2, 0.25) is 0 Å². The molecule has 4 heteroatoms. The zero-order chi connectivity index (χ0) is 14.4. The Morgan fingerprint density at radius 1 is 1.35 bits per heavy atom. The Morgan fingerprint density at radius 3 is 2.80 bits per heavy atom. The first-order chi connectivity index (χ1) is 9.69. The van der Waals surface area contributed by atoms with Crippen molar-refractivity contribution in [1.29, 1.82) is 0 Å². The maximum atomic E-state index is 13.7. The summed E-state index contributed by atoms with van der Waals surface area (Å²) in [6.45, 7) is 6.05. The number of piperidine rings is 1. The number of benzene rings is 1. The molecule has 0 spiro atoms. The average molecular weight is 297 g/mol. The minimum atomic E-state index is -0.262. The molecule has 1 saturated heterocycles. The molecule has 0 atom stereocenters. The summed E-state index contributed by atoms with van der Waals surface area (Å²) in [7, 11) is 0. The van der Waals surface area contributed by atoms with Crippen molar-refractivity contribution in [2.75, 3.05) is 31.7 Å². The van der Waals surface area contributed by atoms with Crippen LogP contribution in [0.4, 0.5) is 4.39 Å². The van der Waals surface area contributed by atoms with E-state index in [0.29, 0.717) is 12.4 Å². The fourth-order valence-electron chi connectivity index (χ4n) is 2.47. The molecular weight excluding hydrogens is 273 g/mol. The second kappa shape index (κ2) is 7.89. The summed E-state index contributed by atoms with van der Waals surface area (Å²) in [5, 5.41) is 0. The Kier molecular flexibility index (Phi) is 6.17. The van der Waals surface area contributed by atoms with Crippen LogP contribution in [0.3, 0.4) is 0 Å². The van der Waals surface area contributed by atoms with Gasteiger partial charge in [0, 0.05) is 12.3 Å². The Balaban J connectivity index is 1.92. The smallest absolute Gasteiger partial charge is 0.165 e. The van der Waals surface area contributed by atoms with Crippen molar-refractivity contribution < 1.29 is 9.13 Å². The Hall–Kier alpha value is -0.740. The number of ether oxygens (including phenoxy) is 1. The number of likely N-dealkylation sites (tertiary alicyclic amines) is 1. The molecule has 0 radical (unpaired) electrons. The highest BCUT2D eigenvalue weighted by Crippen LogP contribution is 2.22. The summed E-state index contributed by atoms with van der Waals surface area (Å²) in [4.78, 5) is 2.44. The molecule has 1 heterocycles. The van der Waals surface area contributed by atoms with Crippen molar-refractivity contribution in [1.82, 2.24) is 4.90 Å². The third-order valence-electron chi connectivity index (χ3n) is 3.82. The molecular formula is C16H24FNOS. The lowest BCUT2D eigenvalue weighted by Gasteiger charge is -2.30. The van der Waals surface area contributed by atoms with Gasteiger partial charge in [-0.25, -0.2) is 4.39 Å². The van der Waals surface area contributed by atoms with Gasteiger partial charge in [0.25, 0.3) is 0 Å². The zero-order valence-corrected chi connectivity index (χ0v) is 13.2. The maximum Gasteiger partial charge on any atom is 0.165 e. The predicted molar refractivity (Wildman–Crippen MR) is 84.0 cm³/mol. The van der Waals surface area contributed by atoms with E-state index in [1.165, 1.54) is 18.9 Å². The van der Waals surface area contributed by atoms with Crippen LogP contribution < -0.4 is 4.74 Å². The zero-order valence-electron chi connectivity index (χ0n) is 12.4. The van der Waals surface area contributed by atoms with Crippen LogP contribution in [0.5, 0.6) is 5.75 Å². The third-order valence-corrected chi connectivity index (χ3v) is 4.40. The normalized spacial score (nSPS) is 17.4. The topological polar surface area (TPSA) is 12.5 Å². The summed E-state index contributed by atoms with van der Waals surface area (Å²) in [6, 6.07) is 5.25. The Morgan fingerprint density at radius 2 is 2.10 bits per heavy atom. The SMILES string of the molecule is CSCCOc1cc(CN2CCC(C)CC2)ccc1F. The van der Waals surface area contributed by atoms with E-state index in [-0.39, 0.29) is 5.82 Å². The van der Waals surface area contributed by atoms with Gasteiger partial charge in [-0.2, -0.15) is 11.8 Å². The van der Waals surface area contributed by atoms with Gasteiger partial charge in [0.1, 0.15) is 0 Å². The number of halogens is 1. The van der Waals surface area contributed by atoms with Gasteiger partial charge < -0.3 is 4.74 Å². The number of nitrogens with zero attached hydrogens (tertiary/aromatic N) is 1. The quantitative estimate of drug-likeness (QED) is 0.741. The molecule has 0 aromatic heterocycles. The molecule has 0 bridgehead atoms. The molecule has 0 N–H and O–H groups in total. The largest absolute Gasteiger partial charge is 0.490 e. The van der Waals surface area contributed by atoms with E-state index >= 15 is 0 Å². The average Bonchev–Trinajstić information content (AvgIpc) is 2.45. The molecule has 0 amide bonds. The second-order valence-corrected chi connectivity index (χ2v) is 6.55. The number of rotatable bonds is 6. The predicted octanol–water partition coefficient (Wildman–Crippen LogP) is 3.80. The summed E-state index contributed by atoms with van der Waals surface area (Å²) < 4.78 is 19.2. The van der Waals surface area contributed by atoms with Gasteiger partial charge in [-0.15, -0.1) is 0 Å². The van der Waals surface area contributed by atoms with Crippen LogP contribution in [-0.2, 0) is 6.54 Å². The molecule has 1 aromatic carbocycles. The number of thioether (sulfide) groups is 1. The van der Waals surface area contributed by atoms with Crippen LogP contribution in [0, 0.1) is 11.7 Å². The molecule has 112 valence electrons. The van der Waals surface area contributed by atoms with Crippen molar-refractivity contribution in [2.24, 2.45) is 5.92 Å². The van der Waals surface area contributed by atoms with E-state index < -0.39 is 0 Å². The van der Waals surface area contributed by atoms with Crippen molar-refractivity contribution in [3.63, 3.8) is 0 Å². The molecule has 0 saturated carbocycles. The third kappa shape index (κ3) is 4.67. The van der Waals surface area contributed by atoms with Crippen molar-refractivity contribution in [2.45, 2.75) is 26.3 Å². The molecule has 1 aliphatic rings. The lowest BCUT2D eigenvalue weighted by atomic mass is 9.99. The Bertz CT molecular complexity index is 419. The van der Waals surface area contributed by atoms with E-state index in [1.54, 1.807) is 11.8 Å². The van der Waals surface area contributed by atoms with Crippen LogP contribution in [0.25, 0.3) is 0 Å². The monoisotopic (exact) mass is 297 g/mol. The highest BCUT2D eigenvalue weighted by Gasteiger charge is 2.16. The minimum Gasteiger partial charge on any atom is -0.490 e. The molecule has 0 aliphatic carbocycles. The molecule has 2 rings (SSSR count). The lowest BCUT2D eigenvalue weighted by Crippen LogP contribution is -2.32. The van der Waals surface area contributed by atoms with Crippen LogP contribution in [0.1, 0.15) is 25.3 Å². The number of hydrogen-bond acceptors (Lipinski definition) is 3. The van der Waals surface area contributed by atoms with Gasteiger partial charge in [-0.1, -0.05) is 13.0 Å². The van der Waals surface area contributed by atoms with Crippen LogP contribution in [0.15, 0.2) is 18.2 Å². The van der Waals surface area contributed by atoms with E-state index in [1.807, 2.05) is 18.4 Å². The second-order valence-electron chi connectivity index (χ2n) is 5.56. The summed E-state index contributed by atoms with van der Waals surface area (Å²) >= 11 is 1.70. The van der Waals surface area contributed by atoms with Gasteiger partial charge in [-0.3, -0.25) is 4.90 Å². The number of hydrogen-bond donors (Lipinski definition) is 0. The molecule has 2 nitrogen and oxygen atoms in total. The molecule has 1 aliphatic heterocycles. The summed E-state index contributed by atoms with van der Waals surface area (Å²) in [5.41, 5.74) is 1.14. The first kappa shape index (κ1) is 15.6. The fourth-order valence-corrected chi connectivity index (χ4v) is 2.72. The van der Waals surface area contributed by atoms with E-state index in [4.69, 9.17) is 4.74 Å². The standard InChI is InChI=1S/C16H24FNOS/c1-13-5-7-18(8-6-13)12-14-3-4-15(17)16(11-14)19-9-10-20-2/h3-4,11,13H,5-10,12H2,1-2H3. The van der Waals surface area contributed by atoms with E-state index in [0.717, 1.165) is 36.9 Å². The summed E-state index contributed by atoms with van der Waals surface area (Å²) in [5.74, 6) is 1.85. The van der Waals surface area contributed by atoms with E-state index in [2.05, 4.69) is 11.8 Å². The van der Waals surface area contributed by atoms with Crippen molar-refractivity contribution >= 4 is 11.8 Å². The first-order valence-corrected chi connectivity index (χ1v) is 8.71. The van der Waals surface area contributed by atoms with Gasteiger partial charge in [0.05, 0.1) is 6.61 Å². The first-order valence-electron chi connectivity index (χ1n) is 7.31. The Labute approximate surface area is 125 Å². The van der Waals surface area contributed by atoms with Gasteiger partial charge in [0.15, 0.2) is 11.6 Å². The van der Waals surface area contributed by atoms with Crippen molar-refractivity contribution in [3.05, 3.63) is 29.6 Å². The minimum absolute atomic E-state index is 0.262. The highest BCUT2D eigenvalue weighted by atomic mass is 32.2. The lowest BCUT2D eigenvalue weighted by molar-refractivity contribution is 0.185. The van der Waals surface area contributed by atoms with E-state index in [9.17, 15) is 4.39 Å². The van der Waals surface area contributed by atoms with Crippen LogP contribution >= 0.6 is 11.8 Å². The van der Waals surface area contributed by atoms with Gasteiger partial charge in [-0.05, 0) is 55.8 Å². The molecule has 1 fully saturated rings.